The summed E-state index contributed by atoms with van der Waals surface area (Å²) >= 11 is 0. The van der Waals surface area contributed by atoms with Crippen molar-refractivity contribution < 1.29 is 24.3 Å². The maximum Gasteiger partial charge on any atom is 0.342 e. The predicted molar refractivity (Wildman–Crippen MR) is 82.4 cm³/mol. The average Bonchev–Trinajstić information content (AvgIpc) is 2.87. The third-order valence-electron chi connectivity index (χ3n) is 3.74. The summed E-state index contributed by atoms with van der Waals surface area (Å²) in [5.74, 6) is -0.478. The minimum absolute atomic E-state index is 0.0208. The molecule has 0 spiro atoms. The van der Waals surface area contributed by atoms with Gasteiger partial charge in [0, 0.05) is 10.8 Å². The maximum absolute atomic E-state index is 12.2. The van der Waals surface area contributed by atoms with E-state index in [2.05, 4.69) is 5.16 Å². The number of hydrogen-bond donors (Lipinski definition) is 2. The second-order valence-corrected chi connectivity index (χ2v) is 5.22. The lowest BCUT2D eigenvalue weighted by Gasteiger charge is -2.10. The molecular formula is C17H15NO5. The molecule has 0 radical (unpaired) electrons. The Morgan fingerprint density at radius 2 is 1.91 bits per heavy atom. The lowest BCUT2D eigenvalue weighted by atomic mass is 10.0. The van der Waals surface area contributed by atoms with Gasteiger partial charge in [-0.2, -0.15) is 0 Å². The van der Waals surface area contributed by atoms with Crippen LogP contribution in [-0.2, 0) is 11.3 Å². The number of aromatic nitrogens is 1. The number of carbonyl (C=O) groups excluding carboxylic acids is 1. The quantitative estimate of drug-likeness (QED) is 0.570. The van der Waals surface area contributed by atoms with Crippen LogP contribution in [0.2, 0.25) is 0 Å². The third-order valence-corrected chi connectivity index (χ3v) is 3.74. The molecule has 118 valence electrons. The Labute approximate surface area is 131 Å². The molecule has 2 aromatic carbocycles. The van der Waals surface area contributed by atoms with Crippen molar-refractivity contribution in [3.63, 3.8) is 0 Å². The van der Waals surface area contributed by atoms with Gasteiger partial charge in [-0.25, -0.2) is 4.79 Å². The van der Waals surface area contributed by atoms with E-state index < -0.39 is 5.97 Å². The van der Waals surface area contributed by atoms with Crippen molar-refractivity contribution in [3.8, 4) is 11.5 Å². The molecule has 1 heterocycles. The van der Waals surface area contributed by atoms with Crippen LogP contribution in [0.5, 0.6) is 11.5 Å². The molecule has 0 atom stereocenters. The van der Waals surface area contributed by atoms with Crippen LogP contribution >= 0.6 is 0 Å². The minimum atomic E-state index is -0.733. The van der Waals surface area contributed by atoms with Gasteiger partial charge in [0.2, 0.25) is 0 Å². The summed E-state index contributed by atoms with van der Waals surface area (Å²) in [4.78, 5) is 12.2. The number of nitrogens with zero attached hydrogens (tertiary/aromatic N) is 1. The van der Waals surface area contributed by atoms with E-state index in [1.807, 2.05) is 0 Å². The van der Waals surface area contributed by atoms with Gasteiger partial charge in [0.05, 0.1) is 11.3 Å². The Bertz CT molecular complexity index is 878. The predicted octanol–water partition coefficient (Wildman–Crippen LogP) is 3.21. The fourth-order valence-corrected chi connectivity index (χ4v) is 2.42. The van der Waals surface area contributed by atoms with Crippen molar-refractivity contribution >= 4 is 16.7 Å². The molecule has 0 aliphatic heterocycles. The Balaban J connectivity index is 1.91. The molecule has 2 N–H and O–H groups in total. The van der Waals surface area contributed by atoms with Crippen molar-refractivity contribution in [1.29, 1.82) is 0 Å². The number of ether oxygens (including phenoxy) is 1. The minimum Gasteiger partial charge on any atom is -0.507 e. The Kier molecular flexibility index (Phi) is 3.65. The number of fused-ring (bicyclic) bond motifs is 1. The highest BCUT2D eigenvalue weighted by atomic mass is 16.5. The van der Waals surface area contributed by atoms with Gasteiger partial charge in [0.25, 0.3) is 0 Å². The largest absolute Gasteiger partial charge is 0.507 e. The average molecular weight is 313 g/mol. The van der Waals surface area contributed by atoms with E-state index in [0.717, 1.165) is 0 Å². The zero-order valence-electron chi connectivity index (χ0n) is 12.7. The van der Waals surface area contributed by atoms with Crippen LogP contribution in [-0.4, -0.2) is 21.3 Å². The fourth-order valence-electron chi connectivity index (χ4n) is 2.42. The lowest BCUT2D eigenvalue weighted by molar-refractivity contribution is 0.0467. The second kappa shape index (κ2) is 5.64. The van der Waals surface area contributed by atoms with E-state index in [0.29, 0.717) is 27.8 Å². The molecule has 6 nitrogen and oxygen atoms in total. The van der Waals surface area contributed by atoms with Crippen LogP contribution in [0.25, 0.3) is 10.8 Å². The highest BCUT2D eigenvalue weighted by Gasteiger charge is 2.19. The second-order valence-electron chi connectivity index (χ2n) is 5.22. The number of benzene rings is 2. The molecule has 6 heteroatoms. The summed E-state index contributed by atoms with van der Waals surface area (Å²) < 4.78 is 10.2. The van der Waals surface area contributed by atoms with Crippen LogP contribution in [0, 0.1) is 13.8 Å². The van der Waals surface area contributed by atoms with Crippen molar-refractivity contribution in [1.82, 2.24) is 5.16 Å². The van der Waals surface area contributed by atoms with Gasteiger partial charge in [-0.1, -0.05) is 29.4 Å². The lowest BCUT2D eigenvalue weighted by Crippen LogP contribution is -2.06. The van der Waals surface area contributed by atoms with E-state index in [-0.39, 0.29) is 23.7 Å². The van der Waals surface area contributed by atoms with Gasteiger partial charge < -0.3 is 19.5 Å². The number of aryl methyl sites for hydroxylation is 2. The molecule has 23 heavy (non-hydrogen) atoms. The van der Waals surface area contributed by atoms with Crippen LogP contribution in [0.15, 0.2) is 34.9 Å². The van der Waals surface area contributed by atoms with Gasteiger partial charge >= 0.3 is 5.97 Å². The van der Waals surface area contributed by atoms with Crippen molar-refractivity contribution in [2.45, 2.75) is 20.5 Å². The first-order valence-corrected chi connectivity index (χ1v) is 7.01. The first-order valence-electron chi connectivity index (χ1n) is 7.01. The fraction of sp³-hybridized carbons (Fsp3) is 0.176. The SMILES string of the molecule is Cc1noc(C)c1COC(=O)c1cc(O)c2ccccc2c1O. The van der Waals surface area contributed by atoms with Gasteiger partial charge in [-0.3, -0.25) is 0 Å². The molecule has 0 bridgehead atoms. The van der Waals surface area contributed by atoms with Crippen LogP contribution in [0.1, 0.15) is 27.4 Å². The zero-order valence-corrected chi connectivity index (χ0v) is 12.7. The smallest absolute Gasteiger partial charge is 0.342 e. The molecule has 1 aromatic heterocycles. The van der Waals surface area contributed by atoms with E-state index in [4.69, 9.17) is 9.26 Å². The third kappa shape index (κ3) is 2.59. The number of carbonyl (C=O) groups is 1. The van der Waals surface area contributed by atoms with Crippen molar-refractivity contribution in [3.05, 3.63) is 52.9 Å². The molecule has 0 saturated heterocycles. The van der Waals surface area contributed by atoms with Crippen molar-refractivity contribution in [2.75, 3.05) is 0 Å². The standard InChI is InChI=1S/C17H15NO5/c1-9-14(10(2)23-18-9)8-22-17(21)13-7-15(19)11-5-3-4-6-12(11)16(13)20/h3-7,19-20H,8H2,1-2H3. The molecule has 0 saturated carbocycles. The summed E-state index contributed by atoms with van der Waals surface area (Å²) in [5.41, 5.74) is 1.23. The normalized spacial score (nSPS) is 10.9. The zero-order chi connectivity index (χ0) is 16.6. The molecule has 0 aliphatic rings. The molecule has 0 unspecified atom stereocenters. The number of hydrogen-bond acceptors (Lipinski definition) is 6. The summed E-state index contributed by atoms with van der Waals surface area (Å²) in [6.07, 6.45) is 0. The molecule has 0 amide bonds. The first-order chi connectivity index (χ1) is 11.0. The number of aromatic hydroxyl groups is 2. The van der Waals surface area contributed by atoms with Gasteiger partial charge in [0.1, 0.15) is 29.4 Å². The van der Waals surface area contributed by atoms with E-state index in [1.54, 1.807) is 38.1 Å². The van der Waals surface area contributed by atoms with Crippen LogP contribution in [0.3, 0.4) is 0 Å². The number of rotatable bonds is 3. The molecule has 3 aromatic rings. The highest BCUT2D eigenvalue weighted by molar-refractivity contribution is 6.03. The Morgan fingerprint density at radius 1 is 1.22 bits per heavy atom. The van der Waals surface area contributed by atoms with Gasteiger partial charge in [0.15, 0.2) is 0 Å². The van der Waals surface area contributed by atoms with E-state index in [9.17, 15) is 15.0 Å². The summed E-state index contributed by atoms with van der Waals surface area (Å²) in [6.45, 7) is 3.45. The van der Waals surface area contributed by atoms with Crippen molar-refractivity contribution in [2.24, 2.45) is 0 Å². The van der Waals surface area contributed by atoms with Crippen LogP contribution < -0.4 is 0 Å². The van der Waals surface area contributed by atoms with Gasteiger partial charge in [-0.05, 0) is 19.9 Å². The van der Waals surface area contributed by atoms with E-state index >= 15 is 0 Å². The number of phenols is 2. The molecule has 0 fully saturated rings. The molecule has 0 aliphatic carbocycles. The summed E-state index contributed by atoms with van der Waals surface area (Å²) in [7, 11) is 0. The maximum atomic E-state index is 12.2. The van der Waals surface area contributed by atoms with Gasteiger partial charge in [-0.15, -0.1) is 0 Å². The Morgan fingerprint density at radius 3 is 2.57 bits per heavy atom. The molecule has 3 rings (SSSR count). The summed E-state index contributed by atoms with van der Waals surface area (Å²) in [6, 6.07) is 7.92. The molecular weight excluding hydrogens is 298 g/mol. The number of esters is 1. The number of phenolic OH excluding ortho intramolecular Hbond substituents is 2. The van der Waals surface area contributed by atoms with Crippen LogP contribution in [0.4, 0.5) is 0 Å². The van der Waals surface area contributed by atoms with E-state index in [1.165, 1.54) is 6.07 Å². The Hall–Kier alpha value is -3.02. The first kappa shape index (κ1) is 14.9. The highest BCUT2D eigenvalue weighted by Crippen LogP contribution is 2.35. The topological polar surface area (TPSA) is 92.8 Å². The summed E-state index contributed by atoms with van der Waals surface area (Å²) in [5, 5.41) is 24.9. The monoisotopic (exact) mass is 313 g/mol.